The first-order valence-corrected chi connectivity index (χ1v) is 8.25. The third-order valence-electron chi connectivity index (χ3n) is 2.99. The van der Waals surface area contributed by atoms with Gasteiger partial charge in [0.2, 0.25) is 0 Å². The summed E-state index contributed by atoms with van der Waals surface area (Å²) in [6.45, 7) is 6.18. The fourth-order valence-electron chi connectivity index (χ4n) is 2.00. The number of aromatic nitrogens is 1. The van der Waals surface area contributed by atoms with Crippen molar-refractivity contribution in [1.29, 1.82) is 0 Å². The Morgan fingerprint density at radius 1 is 1.44 bits per heavy atom. The Balaban J connectivity index is 2.14. The Kier molecular flexibility index (Phi) is 6.77. The van der Waals surface area contributed by atoms with Crippen LogP contribution >= 0.6 is 11.6 Å². The van der Waals surface area contributed by atoms with E-state index in [-0.39, 0.29) is 12.0 Å². The van der Waals surface area contributed by atoms with Gasteiger partial charge in [-0.2, -0.15) is 5.10 Å². The number of rotatable bonds is 7. The van der Waals surface area contributed by atoms with Crippen LogP contribution in [0, 0.1) is 0 Å². The van der Waals surface area contributed by atoms with Crippen molar-refractivity contribution in [3.05, 3.63) is 52.8 Å². The molecule has 0 bridgehead atoms. The number of carbonyl (C=O) groups excluding carboxylic acids is 1. The van der Waals surface area contributed by atoms with Crippen LogP contribution in [-0.2, 0) is 0 Å². The van der Waals surface area contributed by atoms with Gasteiger partial charge in [-0.3, -0.25) is 9.78 Å². The van der Waals surface area contributed by atoms with Crippen molar-refractivity contribution in [2.45, 2.75) is 26.9 Å². The zero-order valence-corrected chi connectivity index (χ0v) is 15.1. The number of carbonyl (C=O) groups is 1. The second-order valence-electron chi connectivity index (χ2n) is 5.37. The maximum atomic E-state index is 11.9. The number of hydrogen-bond acceptors (Lipinski definition) is 5. The predicted octanol–water partition coefficient (Wildman–Crippen LogP) is 3.68. The SMILES string of the molecule is CCOc1cc(/C=N\NC(=O)c2cccnc2)cc(Cl)c1OC(C)C. The third-order valence-corrected chi connectivity index (χ3v) is 3.27. The lowest BCUT2D eigenvalue weighted by Gasteiger charge is -2.16. The smallest absolute Gasteiger partial charge is 0.272 e. The highest BCUT2D eigenvalue weighted by Crippen LogP contribution is 2.37. The van der Waals surface area contributed by atoms with Gasteiger partial charge in [-0.25, -0.2) is 5.43 Å². The van der Waals surface area contributed by atoms with Gasteiger partial charge in [0.05, 0.1) is 29.5 Å². The molecule has 25 heavy (non-hydrogen) atoms. The molecule has 0 radical (unpaired) electrons. The molecule has 0 saturated carbocycles. The van der Waals surface area contributed by atoms with E-state index in [0.717, 1.165) is 0 Å². The molecule has 0 atom stereocenters. The minimum atomic E-state index is -0.347. The minimum Gasteiger partial charge on any atom is -0.490 e. The Bertz CT molecular complexity index is 749. The molecule has 0 aliphatic rings. The highest BCUT2D eigenvalue weighted by Gasteiger charge is 2.13. The lowest BCUT2D eigenvalue weighted by molar-refractivity contribution is 0.0955. The molecule has 132 valence electrons. The second-order valence-corrected chi connectivity index (χ2v) is 5.78. The molecule has 0 aliphatic carbocycles. The Morgan fingerprint density at radius 2 is 2.24 bits per heavy atom. The molecule has 1 amide bonds. The van der Waals surface area contributed by atoms with Gasteiger partial charge in [-0.15, -0.1) is 0 Å². The zero-order chi connectivity index (χ0) is 18.2. The summed E-state index contributed by atoms with van der Waals surface area (Å²) < 4.78 is 11.3. The van der Waals surface area contributed by atoms with Gasteiger partial charge < -0.3 is 9.47 Å². The minimum absolute atomic E-state index is 0.0324. The lowest BCUT2D eigenvalue weighted by atomic mass is 10.2. The molecule has 1 heterocycles. The van der Waals surface area contributed by atoms with Crippen LogP contribution in [0.3, 0.4) is 0 Å². The zero-order valence-electron chi connectivity index (χ0n) is 14.3. The Hall–Kier alpha value is -2.60. The average molecular weight is 362 g/mol. The van der Waals surface area contributed by atoms with Gasteiger partial charge >= 0.3 is 0 Å². The van der Waals surface area contributed by atoms with Crippen LogP contribution in [0.4, 0.5) is 0 Å². The number of ether oxygens (including phenoxy) is 2. The molecule has 7 heteroatoms. The van der Waals surface area contributed by atoms with E-state index in [9.17, 15) is 4.79 Å². The quantitative estimate of drug-likeness (QED) is 0.603. The molecule has 1 aromatic carbocycles. The van der Waals surface area contributed by atoms with Crippen LogP contribution < -0.4 is 14.9 Å². The summed E-state index contributed by atoms with van der Waals surface area (Å²) in [6, 6.07) is 6.79. The Labute approximate surface area is 151 Å². The number of hydrogen-bond donors (Lipinski definition) is 1. The van der Waals surface area contributed by atoms with Crippen molar-refractivity contribution in [1.82, 2.24) is 10.4 Å². The molecule has 2 aromatic rings. The van der Waals surface area contributed by atoms with E-state index in [1.807, 2.05) is 20.8 Å². The van der Waals surface area contributed by atoms with Crippen LogP contribution in [0.2, 0.25) is 5.02 Å². The molecule has 0 saturated heterocycles. The first-order chi connectivity index (χ1) is 12.0. The fraction of sp³-hybridized carbons (Fsp3) is 0.278. The maximum Gasteiger partial charge on any atom is 0.272 e. The molecule has 0 unspecified atom stereocenters. The van der Waals surface area contributed by atoms with E-state index >= 15 is 0 Å². The van der Waals surface area contributed by atoms with Crippen LogP contribution in [0.15, 0.2) is 41.8 Å². The molecule has 0 aliphatic heterocycles. The highest BCUT2D eigenvalue weighted by atomic mass is 35.5. The van der Waals surface area contributed by atoms with Gasteiger partial charge in [-0.1, -0.05) is 11.6 Å². The number of amides is 1. The first kappa shape index (κ1) is 18.7. The number of nitrogens with zero attached hydrogens (tertiary/aromatic N) is 2. The van der Waals surface area contributed by atoms with Gasteiger partial charge in [0.25, 0.3) is 5.91 Å². The predicted molar refractivity (Wildman–Crippen MR) is 97.7 cm³/mol. The number of pyridine rings is 1. The average Bonchev–Trinajstić information content (AvgIpc) is 2.58. The largest absolute Gasteiger partial charge is 0.490 e. The molecule has 1 N–H and O–H groups in total. The first-order valence-electron chi connectivity index (χ1n) is 7.87. The number of halogens is 1. The van der Waals surface area contributed by atoms with Crippen molar-refractivity contribution in [3.63, 3.8) is 0 Å². The van der Waals surface area contributed by atoms with Gasteiger partial charge in [-0.05, 0) is 50.6 Å². The number of nitrogens with one attached hydrogen (secondary N) is 1. The van der Waals surface area contributed by atoms with E-state index in [1.165, 1.54) is 12.4 Å². The fourth-order valence-corrected chi connectivity index (χ4v) is 2.27. The maximum absolute atomic E-state index is 11.9. The summed E-state index contributed by atoms with van der Waals surface area (Å²) in [5.74, 6) is 0.680. The van der Waals surface area contributed by atoms with Crippen molar-refractivity contribution >= 4 is 23.7 Å². The summed E-state index contributed by atoms with van der Waals surface area (Å²) in [7, 11) is 0. The van der Waals surface area contributed by atoms with Crippen molar-refractivity contribution in [2.24, 2.45) is 5.10 Å². The molecule has 1 aromatic heterocycles. The molecule has 2 rings (SSSR count). The summed E-state index contributed by atoms with van der Waals surface area (Å²) in [4.78, 5) is 15.8. The number of benzene rings is 1. The van der Waals surface area contributed by atoms with E-state index < -0.39 is 0 Å². The Morgan fingerprint density at radius 3 is 2.88 bits per heavy atom. The topological polar surface area (TPSA) is 72.8 Å². The van der Waals surface area contributed by atoms with Gasteiger partial charge in [0.1, 0.15) is 0 Å². The van der Waals surface area contributed by atoms with Crippen LogP contribution in [-0.4, -0.2) is 29.8 Å². The monoisotopic (exact) mass is 361 g/mol. The summed E-state index contributed by atoms with van der Waals surface area (Å²) in [6.07, 6.45) is 4.52. The van der Waals surface area contributed by atoms with Crippen LogP contribution in [0.1, 0.15) is 36.7 Å². The van der Waals surface area contributed by atoms with Gasteiger partial charge in [0, 0.05) is 12.4 Å². The summed E-state index contributed by atoms with van der Waals surface area (Å²) in [5, 5.41) is 4.36. The lowest BCUT2D eigenvalue weighted by Crippen LogP contribution is -2.17. The second kappa shape index (κ2) is 9.03. The standard InChI is InChI=1S/C18H20ClN3O3/c1-4-24-16-9-13(8-15(19)17(16)25-12(2)3)10-21-22-18(23)14-6-5-7-20-11-14/h5-12H,4H2,1-3H3,(H,22,23)/b21-10-. The van der Waals surface area contributed by atoms with Crippen LogP contribution in [0.5, 0.6) is 11.5 Å². The number of hydrazone groups is 1. The van der Waals surface area contributed by atoms with Gasteiger partial charge in [0.15, 0.2) is 11.5 Å². The molecule has 0 fully saturated rings. The third kappa shape index (κ3) is 5.46. The highest BCUT2D eigenvalue weighted by molar-refractivity contribution is 6.32. The van der Waals surface area contributed by atoms with E-state index in [2.05, 4.69) is 15.5 Å². The van der Waals surface area contributed by atoms with Crippen LogP contribution in [0.25, 0.3) is 0 Å². The van der Waals surface area contributed by atoms with Crippen molar-refractivity contribution in [2.75, 3.05) is 6.61 Å². The summed E-state index contributed by atoms with van der Waals surface area (Å²) in [5.41, 5.74) is 3.54. The molecule has 0 spiro atoms. The molecular formula is C18H20ClN3O3. The van der Waals surface area contributed by atoms with Crippen molar-refractivity contribution in [3.8, 4) is 11.5 Å². The molecule has 6 nitrogen and oxygen atoms in total. The van der Waals surface area contributed by atoms with E-state index in [1.54, 1.807) is 30.5 Å². The normalized spacial score (nSPS) is 10.9. The molecular weight excluding hydrogens is 342 g/mol. The van der Waals surface area contributed by atoms with E-state index in [0.29, 0.717) is 34.3 Å². The van der Waals surface area contributed by atoms with E-state index in [4.69, 9.17) is 21.1 Å². The summed E-state index contributed by atoms with van der Waals surface area (Å²) >= 11 is 6.29. The van der Waals surface area contributed by atoms with Crippen molar-refractivity contribution < 1.29 is 14.3 Å².